The predicted octanol–water partition coefficient (Wildman–Crippen LogP) is 8.86. The summed E-state index contributed by atoms with van der Waals surface area (Å²) >= 11 is 3.98. The van der Waals surface area contributed by atoms with Crippen molar-refractivity contribution in [3.63, 3.8) is 0 Å². The van der Waals surface area contributed by atoms with E-state index in [4.69, 9.17) is 0 Å². The molecule has 0 unspecified atom stereocenters. The van der Waals surface area contributed by atoms with Crippen molar-refractivity contribution < 1.29 is 17.6 Å². The van der Waals surface area contributed by atoms with E-state index in [-0.39, 0.29) is 18.1 Å². The van der Waals surface area contributed by atoms with Crippen LogP contribution in [0.4, 0.5) is 17.6 Å². The Labute approximate surface area is 267 Å². The lowest BCUT2D eigenvalue weighted by molar-refractivity contribution is 0.508. The molecule has 226 valence electrons. The molecule has 44 heavy (non-hydrogen) atoms. The van der Waals surface area contributed by atoms with Gasteiger partial charge in [0.1, 0.15) is 35.4 Å². The molecule has 0 saturated carbocycles. The molecule has 0 fully saturated rings. The Balaban J connectivity index is 2.21. The molecule has 0 aromatic carbocycles. The summed E-state index contributed by atoms with van der Waals surface area (Å²) in [5, 5.41) is 37.2. The molecular formula is C32H26F4N4S4. The first-order valence-corrected chi connectivity index (χ1v) is 17.4. The van der Waals surface area contributed by atoms with Gasteiger partial charge in [-0.1, -0.05) is 52.4 Å². The molecule has 4 nitrogen and oxygen atoms in total. The molecule has 0 aliphatic rings. The Morgan fingerprint density at radius 2 is 0.864 bits per heavy atom. The topological polar surface area (TPSA) is 95.2 Å². The minimum atomic E-state index is -1.23. The Hall–Kier alpha value is -3.52. The van der Waals surface area contributed by atoms with E-state index in [1.807, 2.05) is 0 Å². The Bertz CT molecular complexity index is 2020. The first kappa shape index (κ1) is 33.4. The summed E-state index contributed by atoms with van der Waals surface area (Å²) < 4.78 is 62.8. The predicted molar refractivity (Wildman–Crippen MR) is 168 cm³/mol. The normalized spacial score (nSPS) is 12.5. The van der Waals surface area contributed by atoms with E-state index in [0.717, 1.165) is 94.6 Å². The summed E-state index contributed by atoms with van der Waals surface area (Å²) in [6.45, 7) is 4.16. The number of fused-ring (bicyclic) bond motifs is 1. The van der Waals surface area contributed by atoms with E-state index < -0.39 is 34.4 Å². The van der Waals surface area contributed by atoms with Crippen LogP contribution in [0.25, 0.3) is 20.5 Å². The number of halogens is 4. The Morgan fingerprint density at radius 3 is 1.18 bits per heavy atom. The molecule has 0 aliphatic carbocycles. The van der Waals surface area contributed by atoms with Crippen molar-refractivity contribution in [2.45, 2.75) is 78.1 Å². The van der Waals surface area contributed by atoms with Gasteiger partial charge >= 0.3 is 0 Å². The standard InChI is InChI=1S/C32H26F4N4S4/c1-3-5-7-9-11-19-27-28(44-29(19)31-23(35)21(33)25(41-31)17(13-37)14-38)20(12-10-8-6-4-2)30(43-27)32-24(36)22(34)26(42-32)18(15-39)16-40/h3-12H2,1-2H3/b31-29+,32-30+. The average molecular weight is 671 g/mol. The lowest BCUT2D eigenvalue weighted by Crippen LogP contribution is -2.03. The Kier molecular flexibility index (Phi) is 11.4. The molecule has 4 aromatic heterocycles. The van der Waals surface area contributed by atoms with Crippen LogP contribution in [0.2, 0.25) is 0 Å². The van der Waals surface area contributed by atoms with Crippen LogP contribution in [0.3, 0.4) is 0 Å². The minimum Gasteiger partial charge on any atom is -0.202 e. The number of nitrogens with zero attached hydrogens (tertiary/aromatic N) is 4. The maximum Gasteiger partial charge on any atom is 0.179 e. The molecule has 0 saturated heterocycles. The van der Waals surface area contributed by atoms with Crippen LogP contribution >= 0.6 is 45.3 Å². The van der Waals surface area contributed by atoms with Gasteiger partial charge in [-0.3, -0.25) is 0 Å². The van der Waals surface area contributed by atoms with Crippen LogP contribution in [0.1, 0.15) is 76.3 Å². The summed E-state index contributed by atoms with van der Waals surface area (Å²) in [7, 11) is 0. The second-order valence-electron chi connectivity index (χ2n) is 10.1. The highest BCUT2D eigenvalue weighted by molar-refractivity contribution is 7.27. The third-order valence-electron chi connectivity index (χ3n) is 7.18. The van der Waals surface area contributed by atoms with Crippen LogP contribution < -0.4 is 9.06 Å². The summed E-state index contributed by atoms with van der Waals surface area (Å²) in [5.74, 6) is -4.70. The molecule has 12 heteroatoms. The van der Waals surface area contributed by atoms with E-state index in [1.165, 1.54) is 22.7 Å². The number of aryl methyl sites for hydroxylation is 2. The van der Waals surface area contributed by atoms with Crippen LogP contribution in [0, 0.1) is 86.7 Å². The lowest BCUT2D eigenvalue weighted by Gasteiger charge is -1.99. The molecule has 0 atom stereocenters. The molecule has 0 radical (unpaired) electrons. The fourth-order valence-electron chi connectivity index (χ4n) is 4.95. The number of unbranched alkanes of at least 4 members (excludes halogenated alkanes) is 6. The van der Waals surface area contributed by atoms with Gasteiger partial charge < -0.3 is 0 Å². The SMILES string of the molecule is CCCCCCc1/c(=c2\sc(=C(C#N)C#N)c(F)c2F)sc2c(CCCCCC)/c(=c3\sc(=C(C#N)C#N)c(F)c3F)sc12. The highest BCUT2D eigenvalue weighted by atomic mass is 32.1. The smallest absolute Gasteiger partial charge is 0.179 e. The monoisotopic (exact) mass is 670 g/mol. The number of hydrogen-bond acceptors (Lipinski definition) is 8. The fourth-order valence-corrected chi connectivity index (χ4v) is 10.3. The van der Waals surface area contributed by atoms with Gasteiger partial charge in [0.25, 0.3) is 0 Å². The van der Waals surface area contributed by atoms with Crippen molar-refractivity contribution in [3.8, 4) is 24.3 Å². The van der Waals surface area contributed by atoms with Crippen LogP contribution in [-0.2, 0) is 12.8 Å². The molecule has 0 aliphatic heterocycles. The fraction of sp³-hybridized carbons (Fsp3) is 0.375. The van der Waals surface area contributed by atoms with E-state index in [9.17, 15) is 21.0 Å². The highest BCUT2D eigenvalue weighted by Gasteiger charge is 2.22. The van der Waals surface area contributed by atoms with Crippen molar-refractivity contribution in [2.75, 3.05) is 0 Å². The average Bonchev–Trinajstić information content (AvgIpc) is 3.72. The Morgan fingerprint density at radius 1 is 0.500 bits per heavy atom. The molecule has 0 N–H and O–H groups in total. The molecule has 0 bridgehead atoms. The van der Waals surface area contributed by atoms with Crippen molar-refractivity contribution in [1.29, 1.82) is 21.0 Å². The van der Waals surface area contributed by atoms with Crippen LogP contribution in [-0.4, -0.2) is 0 Å². The third-order valence-corrected chi connectivity index (χ3v) is 12.5. The largest absolute Gasteiger partial charge is 0.202 e. The first-order chi connectivity index (χ1) is 21.3. The second-order valence-corrected chi connectivity index (χ2v) is 14.2. The van der Waals surface area contributed by atoms with E-state index in [1.54, 1.807) is 24.3 Å². The number of rotatable bonds is 10. The number of thiophene rings is 4. The quantitative estimate of drug-likeness (QED) is 0.124. The van der Waals surface area contributed by atoms with Gasteiger partial charge in [0, 0.05) is 9.40 Å². The van der Waals surface area contributed by atoms with E-state index in [2.05, 4.69) is 13.8 Å². The zero-order valence-corrected chi connectivity index (χ0v) is 27.3. The van der Waals surface area contributed by atoms with Gasteiger partial charge in [0.05, 0.1) is 27.2 Å². The van der Waals surface area contributed by atoms with E-state index >= 15 is 17.6 Å². The molecule has 4 rings (SSSR count). The summed E-state index contributed by atoms with van der Waals surface area (Å²) in [5.41, 5.74) is 0.536. The highest BCUT2D eigenvalue weighted by Crippen LogP contribution is 2.41. The van der Waals surface area contributed by atoms with Crippen molar-refractivity contribution in [2.24, 2.45) is 0 Å². The third kappa shape index (κ3) is 6.32. The minimum absolute atomic E-state index is 0.00999. The lowest BCUT2D eigenvalue weighted by atomic mass is 10.1. The van der Waals surface area contributed by atoms with Gasteiger partial charge in [0.2, 0.25) is 0 Å². The molecule has 4 heterocycles. The summed E-state index contributed by atoms with van der Waals surface area (Å²) in [6, 6.07) is 6.56. The maximum absolute atomic E-state index is 15.4. The van der Waals surface area contributed by atoms with Crippen LogP contribution in [0.5, 0.6) is 0 Å². The maximum atomic E-state index is 15.4. The van der Waals surface area contributed by atoms with Gasteiger partial charge in [0.15, 0.2) is 23.3 Å². The van der Waals surface area contributed by atoms with Crippen molar-refractivity contribution in [3.05, 3.63) is 61.6 Å². The van der Waals surface area contributed by atoms with Crippen molar-refractivity contribution in [1.82, 2.24) is 0 Å². The van der Waals surface area contributed by atoms with Gasteiger partial charge in [-0.25, -0.2) is 17.6 Å². The number of hydrogen-bond donors (Lipinski definition) is 0. The molecule has 4 aromatic rings. The summed E-state index contributed by atoms with van der Waals surface area (Å²) in [6.07, 6.45) is 8.45. The molecule has 0 spiro atoms. The van der Waals surface area contributed by atoms with Crippen molar-refractivity contribution >= 4 is 65.9 Å². The summed E-state index contributed by atoms with van der Waals surface area (Å²) in [4.78, 5) is 0. The zero-order valence-electron chi connectivity index (χ0n) is 24.0. The first-order valence-electron chi connectivity index (χ1n) is 14.2. The van der Waals surface area contributed by atoms with Gasteiger partial charge in [-0.2, -0.15) is 21.0 Å². The van der Waals surface area contributed by atoms with Gasteiger partial charge in [-0.15, -0.1) is 45.3 Å². The molecular weight excluding hydrogens is 645 g/mol. The second kappa shape index (κ2) is 15.0. The van der Waals surface area contributed by atoms with Crippen LogP contribution in [0.15, 0.2) is 0 Å². The van der Waals surface area contributed by atoms with Gasteiger partial charge in [-0.05, 0) is 36.8 Å². The van der Waals surface area contributed by atoms with E-state index in [0.29, 0.717) is 21.9 Å². The number of nitriles is 4. The zero-order chi connectivity index (χ0) is 32.0. The molecule has 0 amide bonds.